The molecule has 0 bridgehead atoms. The number of nitrogens with zero attached hydrogens (tertiary/aromatic N) is 1. The Morgan fingerprint density at radius 2 is 1.88 bits per heavy atom. The van der Waals surface area contributed by atoms with Crippen molar-refractivity contribution in [3.8, 4) is 0 Å². The van der Waals surface area contributed by atoms with Crippen molar-refractivity contribution >= 4 is 27.6 Å². The monoisotopic (exact) mass is 247 g/mol. The van der Waals surface area contributed by atoms with Crippen LogP contribution in [0.1, 0.15) is 12.8 Å². The topological polar surface area (TPSA) is 97.8 Å². The molecule has 0 N–H and O–H groups in total. The summed E-state index contributed by atoms with van der Waals surface area (Å²) in [4.78, 5) is 37.4. The van der Waals surface area contributed by atoms with Crippen LogP contribution in [0.4, 0.5) is 0 Å². The quantitative estimate of drug-likeness (QED) is 0.600. The van der Waals surface area contributed by atoms with Gasteiger partial charge in [-0.05, 0) is 0 Å². The lowest BCUT2D eigenvalue weighted by Gasteiger charge is -2.11. The lowest BCUT2D eigenvalue weighted by atomic mass is 10.4. The minimum Gasteiger partial charge on any atom is -0.329 e. The van der Waals surface area contributed by atoms with Crippen LogP contribution in [-0.4, -0.2) is 37.0 Å². The Morgan fingerprint density at radius 3 is 2.31 bits per heavy atom. The second-order valence-electron chi connectivity index (χ2n) is 3.02. The summed E-state index contributed by atoms with van der Waals surface area (Å²) in [6.45, 7) is 3.00. The fourth-order valence-corrected chi connectivity index (χ4v) is 1.51. The molecule has 1 aliphatic rings. The number of hydrogen-bond acceptors (Lipinski definition) is 6. The third kappa shape index (κ3) is 2.89. The van der Waals surface area contributed by atoms with Gasteiger partial charge in [0.25, 0.3) is 11.8 Å². The first-order valence-electron chi connectivity index (χ1n) is 4.27. The van der Waals surface area contributed by atoms with Crippen molar-refractivity contribution in [3.05, 3.63) is 12.0 Å². The van der Waals surface area contributed by atoms with Crippen LogP contribution in [0.25, 0.3) is 0 Å². The first-order chi connectivity index (χ1) is 7.35. The van der Waals surface area contributed by atoms with Gasteiger partial charge < -0.3 is 4.84 Å². The fourth-order valence-electron chi connectivity index (χ4n) is 1.01. The molecule has 8 heteroatoms. The van der Waals surface area contributed by atoms with Crippen molar-refractivity contribution in [1.82, 2.24) is 5.06 Å². The lowest BCUT2D eigenvalue weighted by Crippen LogP contribution is -2.34. The largest absolute Gasteiger partial charge is 0.348 e. The summed E-state index contributed by atoms with van der Waals surface area (Å²) in [7, 11) is -3.76. The molecular formula is C8H9NO6S. The molecule has 0 aromatic rings. The number of carbonyl (C=O) groups excluding carboxylic acids is 3. The number of sulfone groups is 1. The molecule has 0 aliphatic carbocycles. The summed E-state index contributed by atoms with van der Waals surface area (Å²) < 4.78 is 21.9. The van der Waals surface area contributed by atoms with Crippen LogP contribution in [0.2, 0.25) is 0 Å². The van der Waals surface area contributed by atoms with Crippen LogP contribution in [0.15, 0.2) is 12.0 Å². The molecule has 16 heavy (non-hydrogen) atoms. The van der Waals surface area contributed by atoms with E-state index >= 15 is 0 Å². The zero-order chi connectivity index (χ0) is 12.3. The average molecular weight is 247 g/mol. The molecular weight excluding hydrogens is 238 g/mol. The Morgan fingerprint density at radius 1 is 1.38 bits per heavy atom. The highest BCUT2D eigenvalue weighted by Crippen LogP contribution is 2.12. The van der Waals surface area contributed by atoms with Gasteiger partial charge in [-0.3, -0.25) is 9.59 Å². The van der Waals surface area contributed by atoms with Crippen molar-refractivity contribution in [2.45, 2.75) is 12.8 Å². The van der Waals surface area contributed by atoms with Gasteiger partial charge in [-0.15, -0.1) is 5.06 Å². The van der Waals surface area contributed by atoms with Gasteiger partial charge in [-0.2, -0.15) is 0 Å². The Hall–Kier alpha value is -1.70. The maximum absolute atomic E-state index is 11.1. The Balaban J connectivity index is 2.62. The van der Waals surface area contributed by atoms with E-state index in [-0.39, 0.29) is 12.8 Å². The van der Waals surface area contributed by atoms with Crippen molar-refractivity contribution < 1.29 is 27.6 Å². The van der Waals surface area contributed by atoms with Crippen LogP contribution in [0.3, 0.4) is 0 Å². The van der Waals surface area contributed by atoms with Gasteiger partial charge >= 0.3 is 5.97 Å². The zero-order valence-corrected chi connectivity index (χ0v) is 9.03. The molecule has 0 radical (unpaired) electrons. The Labute approximate surface area is 91.5 Å². The number of hydrogen-bond donors (Lipinski definition) is 0. The number of amides is 2. The molecule has 1 heterocycles. The normalized spacial score (nSPS) is 16.4. The molecule has 0 atom stereocenters. The third-order valence-electron chi connectivity index (χ3n) is 1.77. The van der Waals surface area contributed by atoms with E-state index in [1.807, 2.05) is 0 Å². The van der Waals surface area contributed by atoms with Gasteiger partial charge in [-0.25, -0.2) is 13.2 Å². The van der Waals surface area contributed by atoms with E-state index in [1.165, 1.54) is 0 Å². The highest BCUT2D eigenvalue weighted by atomic mass is 32.2. The van der Waals surface area contributed by atoms with Gasteiger partial charge in [0.1, 0.15) is 0 Å². The number of carbonyl (C=O) groups is 3. The summed E-state index contributed by atoms with van der Waals surface area (Å²) in [6, 6.07) is 0. The second kappa shape index (κ2) is 4.44. The first kappa shape index (κ1) is 12.4. The highest BCUT2D eigenvalue weighted by Gasteiger charge is 2.33. The van der Waals surface area contributed by atoms with Gasteiger partial charge in [0, 0.05) is 18.2 Å². The second-order valence-corrected chi connectivity index (χ2v) is 4.97. The number of rotatable bonds is 4. The van der Waals surface area contributed by atoms with E-state index in [0.29, 0.717) is 10.5 Å². The molecule has 7 nitrogen and oxygen atoms in total. The molecule has 1 fully saturated rings. The van der Waals surface area contributed by atoms with E-state index in [4.69, 9.17) is 0 Å². The average Bonchev–Trinajstić information content (AvgIpc) is 2.49. The lowest BCUT2D eigenvalue weighted by molar-refractivity contribution is -0.195. The number of hydroxylamine groups is 2. The summed E-state index contributed by atoms with van der Waals surface area (Å²) in [6.07, 6.45) is -0.0827. The van der Waals surface area contributed by atoms with E-state index in [0.717, 1.165) is 0 Å². The van der Waals surface area contributed by atoms with Gasteiger partial charge in [0.2, 0.25) is 0 Å². The molecule has 2 amide bonds. The van der Waals surface area contributed by atoms with Crippen molar-refractivity contribution in [2.24, 2.45) is 0 Å². The summed E-state index contributed by atoms with van der Waals surface area (Å²) in [5, 5.41) is 0.892. The fraction of sp³-hybridized carbons (Fsp3) is 0.375. The first-order valence-corrected chi connectivity index (χ1v) is 5.99. The molecule has 0 spiro atoms. The predicted octanol–water partition coefficient (Wildman–Crippen LogP) is -0.848. The van der Waals surface area contributed by atoms with Crippen LogP contribution in [-0.2, 0) is 29.1 Å². The van der Waals surface area contributed by atoms with Crippen LogP contribution < -0.4 is 0 Å². The van der Waals surface area contributed by atoms with E-state index in [1.54, 1.807) is 0 Å². The predicted molar refractivity (Wildman–Crippen MR) is 51.2 cm³/mol. The zero-order valence-electron chi connectivity index (χ0n) is 8.21. The highest BCUT2D eigenvalue weighted by molar-refractivity contribution is 7.94. The maximum atomic E-state index is 11.1. The third-order valence-corrected chi connectivity index (χ3v) is 2.92. The van der Waals surface area contributed by atoms with Crippen molar-refractivity contribution in [3.63, 3.8) is 0 Å². The standard InChI is InChI=1S/C8H9NO6S/c1-2-16(13,14)5-8(12)15-9-6(10)3-4-7(9)11/h2H,1,3-5H2. The van der Waals surface area contributed by atoms with E-state index < -0.39 is 33.4 Å². The van der Waals surface area contributed by atoms with Crippen molar-refractivity contribution in [2.75, 3.05) is 5.75 Å². The molecule has 0 unspecified atom stereocenters. The Kier molecular flexibility index (Phi) is 3.43. The molecule has 0 aromatic heterocycles. The van der Waals surface area contributed by atoms with Gasteiger partial charge in [0.15, 0.2) is 15.6 Å². The summed E-state index contributed by atoms with van der Waals surface area (Å²) in [5.74, 6) is -3.46. The minimum atomic E-state index is -3.76. The smallest absolute Gasteiger partial charge is 0.329 e. The minimum absolute atomic E-state index is 0.0413. The molecule has 1 rings (SSSR count). The molecule has 0 saturated carbocycles. The van der Waals surface area contributed by atoms with E-state index in [9.17, 15) is 22.8 Å². The maximum Gasteiger partial charge on any atom is 0.348 e. The van der Waals surface area contributed by atoms with Crippen LogP contribution >= 0.6 is 0 Å². The molecule has 0 aromatic carbocycles. The van der Waals surface area contributed by atoms with Gasteiger partial charge in [-0.1, -0.05) is 6.58 Å². The van der Waals surface area contributed by atoms with Crippen LogP contribution in [0, 0.1) is 0 Å². The number of imide groups is 1. The van der Waals surface area contributed by atoms with Gasteiger partial charge in [0.05, 0.1) is 0 Å². The molecule has 1 aliphatic heterocycles. The van der Waals surface area contributed by atoms with Crippen molar-refractivity contribution in [1.29, 1.82) is 0 Å². The van der Waals surface area contributed by atoms with E-state index in [2.05, 4.69) is 11.4 Å². The Bertz CT molecular complexity index is 435. The molecule has 88 valence electrons. The summed E-state index contributed by atoms with van der Waals surface area (Å²) in [5.41, 5.74) is 0. The SMILES string of the molecule is C=CS(=O)(=O)CC(=O)ON1C(=O)CCC1=O. The summed E-state index contributed by atoms with van der Waals surface area (Å²) >= 11 is 0. The van der Waals surface area contributed by atoms with Crippen LogP contribution in [0.5, 0.6) is 0 Å². The molecule has 1 saturated heterocycles.